The van der Waals surface area contributed by atoms with E-state index in [9.17, 15) is 27.6 Å². The molecule has 3 aromatic carbocycles. The highest BCUT2D eigenvalue weighted by atomic mass is 35.5. The number of rotatable bonds is 8. The van der Waals surface area contributed by atoms with Crippen LogP contribution in [0.3, 0.4) is 0 Å². The molecule has 0 aliphatic carbocycles. The number of carbonyl (C=O) groups excluding carboxylic acids is 2. The monoisotopic (exact) mass is 631 g/mol. The van der Waals surface area contributed by atoms with E-state index >= 15 is 0 Å². The topological polar surface area (TPSA) is 108 Å². The Labute approximate surface area is 258 Å². The molecular weight excluding hydrogens is 599 g/mol. The van der Waals surface area contributed by atoms with Crippen molar-refractivity contribution in [3.63, 3.8) is 0 Å². The van der Waals surface area contributed by atoms with Crippen LogP contribution < -0.4 is 15.5 Å². The van der Waals surface area contributed by atoms with Crippen molar-refractivity contribution in [3.05, 3.63) is 99.6 Å². The van der Waals surface area contributed by atoms with Gasteiger partial charge in [0, 0.05) is 35.9 Å². The van der Waals surface area contributed by atoms with Crippen molar-refractivity contribution in [1.29, 1.82) is 0 Å². The molecule has 2 atom stereocenters. The van der Waals surface area contributed by atoms with Gasteiger partial charge in [0.05, 0.1) is 12.0 Å². The summed E-state index contributed by atoms with van der Waals surface area (Å²) in [5.41, 5.74) is 1.01. The van der Waals surface area contributed by atoms with Crippen LogP contribution in [0.5, 0.6) is 0 Å². The third kappa shape index (κ3) is 8.29. The van der Waals surface area contributed by atoms with E-state index in [1.54, 1.807) is 47.4 Å². The Morgan fingerprint density at radius 2 is 1.70 bits per heavy atom. The summed E-state index contributed by atoms with van der Waals surface area (Å²) in [7, 11) is 0. The fourth-order valence-corrected chi connectivity index (χ4v) is 5.21. The molecule has 2 unspecified atom stereocenters. The van der Waals surface area contributed by atoms with E-state index in [0.717, 1.165) is 6.07 Å². The number of benzene rings is 3. The fraction of sp³-hybridized carbons (Fsp3) is 0.344. The van der Waals surface area contributed by atoms with E-state index < -0.39 is 48.3 Å². The van der Waals surface area contributed by atoms with Gasteiger partial charge in [-0.2, -0.15) is 13.2 Å². The third-order valence-electron chi connectivity index (χ3n) is 6.90. The molecule has 0 radical (unpaired) electrons. The van der Waals surface area contributed by atoms with Gasteiger partial charge in [0.1, 0.15) is 12.2 Å². The number of anilines is 1. The third-order valence-corrected chi connectivity index (χ3v) is 7.14. The molecule has 0 aromatic heterocycles. The minimum absolute atomic E-state index is 0.0264. The summed E-state index contributed by atoms with van der Waals surface area (Å²) >= 11 is 6.40. The normalized spacial score (nSPS) is 17.1. The summed E-state index contributed by atoms with van der Waals surface area (Å²) in [6.45, 7) is 5.78. The molecule has 1 heterocycles. The summed E-state index contributed by atoms with van der Waals surface area (Å²) in [6, 6.07) is 16.9. The maximum atomic E-state index is 14.1. The molecule has 0 bridgehead atoms. The molecule has 3 amide bonds. The van der Waals surface area contributed by atoms with Gasteiger partial charge < -0.3 is 25.4 Å². The van der Waals surface area contributed by atoms with Crippen molar-refractivity contribution >= 4 is 35.2 Å². The Morgan fingerprint density at radius 1 is 0.977 bits per heavy atom. The molecule has 3 aromatic rings. The van der Waals surface area contributed by atoms with Gasteiger partial charge in [0.15, 0.2) is 0 Å². The summed E-state index contributed by atoms with van der Waals surface area (Å²) < 4.78 is 46.8. The lowest BCUT2D eigenvalue weighted by Crippen LogP contribution is -2.45. The number of amides is 3. The van der Waals surface area contributed by atoms with Crippen LogP contribution in [0.1, 0.15) is 61.1 Å². The fourth-order valence-electron chi connectivity index (χ4n) is 5.03. The molecule has 1 aliphatic rings. The van der Waals surface area contributed by atoms with E-state index in [-0.39, 0.29) is 30.6 Å². The highest BCUT2D eigenvalue weighted by Crippen LogP contribution is 2.41. The Bertz CT molecular complexity index is 1540. The van der Waals surface area contributed by atoms with Gasteiger partial charge in [-0.3, -0.25) is 9.59 Å². The molecule has 44 heavy (non-hydrogen) atoms. The molecule has 12 heteroatoms. The number of alkyl halides is 3. The lowest BCUT2D eigenvalue weighted by molar-refractivity contribution is -0.139. The van der Waals surface area contributed by atoms with E-state index in [2.05, 4.69) is 10.6 Å². The van der Waals surface area contributed by atoms with Crippen LogP contribution >= 0.6 is 11.6 Å². The van der Waals surface area contributed by atoms with Crippen molar-refractivity contribution in [2.45, 2.75) is 58.7 Å². The van der Waals surface area contributed by atoms with Gasteiger partial charge in [0.25, 0.3) is 5.91 Å². The van der Waals surface area contributed by atoms with Crippen LogP contribution in [0, 0.1) is 5.41 Å². The van der Waals surface area contributed by atoms with Crippen LogP contribution in [0.4, 0.5) is 23.7 Å². The Hall–Kier alpha value is -4.09. The molecule has 234 valence electrons. The summed E-state index contributed by atoms with van der Waals surface area (Å²) in [5, 5.41) is 14.3. The SMILES string of the molecule is CC(C)(C)CN1C(=O)C(CC(=O)NCc2ccccc2C(F)(F)F)OC(c2cccc(CNC(=O)O)c2)c2cc(Cl)ccc21. The zero-order chi connectivity index (χ0) is 32.2. The van der Waals surface area contributed by atoms with Crippen LogP contribution in [0.25, 0.3) is 0 Å². The standard InChI is InChI=1S/C32H33ClF3N3O5/c1-31(2,3)18-39-25-12-11-22(33)14-23(25)28(20-9-6-7-19(13-20)16-38-30(42)43)44-26(29(39)41)15-27(40)37-17-21-8-4-5-10-24(21)32(34,35)36/h4-14,26,28,38H,15-18H2,1-3H3,(H,37,40)(H,42,43). The second kappa shape index (κ2) is 13.3. The van der Waals surface area contributed by atoms with Crippen molar-refractivity contribution in [3.8, 4) is 0 Å². The summed E-state index contributed by atoms with van der Waals surface area (Å²) in [5.74, 6) is -1.15. The molecular formula is C32H33ClF3N3O5. The average molecular weight is 632 g/mol. The lowest BCUT2D eigenvalue weighted by atomic mass is 9.94. The minimum Gasteiger partial charge on any atom is -0.465 e. The molecule has 1 aliphatic heterocycles. The molecule has 4 rings (SSSR count). The number of nitrogens with zero attached hydrogens (tertiary/aromatic N) is 1. The minimum atomic E-state index is -4.59. The second-order valence-corrected chi connectivity index (χ2v) is 12.2. The smallest absolute Gasteiger partial charge is 0.416 e. The van der Waals surface area contributed by atoms with Crippen molar-refractivity contribution < 1.29 is 37.4 Å². The van der Waals surface area contributed by atoms with Crippen molar-refractivity contribution in [2.24, 2.45) is 5.41 Å². The predicted octanol–water partition coefficient (Wildman–Crippen LogP) is 6.70. The van der Waals surface area contributed by atoms with Gasteiger partial charge in [0.2, 0.25) is 5.91 Å². The van der Waals surface area contributed by atoms with E-state index in [0.29, 0.717) is 27.4 Å². The maximum Gasteiger partial charge on any atom is 0.416 e. The second-order valence-electron chi connectivity index (χ2n) is 11.7. The predicted molar refractivity (Wildman–Crippen MR) is 159 cm³/mol. The maximum absolute atomic E-state index is 14.1. The molecule has 0 saturated carbocycles. The first kappa shape index (κ1) is 32.8. The number of hydrogen-bond acceptors (Lipinski definition) is 4. The van der Waals surface area contributed by atoms with Gasteiger partial charge in [-0.1, -0.05) is 74.8 Å². The Balaban J connectivity index is 1.69. The number of halogens is 4. The number of fused-ring (bicyclic) bond motifs is 1. The number of ether oxygens (including phenoxy) is 1. The first-order valence-corrected chi connectivity index (χ1v) is 14.2. The van der Waals surface area contributed by atoms with Crippen LogP contribution in [0.15, 0.2) is 66.7 Å². The number of hydrogen-bond donors (Lipinski definition) is 3. The van der Waals surface area contributed by atoms with Crippen LogP contribution in [-0.2, 0) is 33.6 Å². The van der Waals surface area contributed by atoms with Crippen LogP contribution in [0.2, 0.25) is 5.02 Å². The van der Waals surface area contributed by atoms with Crippen molar-refractivity contribution in [2.75, 3.05) is 11.4 Å². The largest absolute Gasteiger partial charge is 0.465 e. The van der Waals surface area contributed by atoms with Crippen LogP contribution in [-0.4, -0.2) is 35.7 Å². The van der Waals surface area contributed by atoms with E-state index in [1.807, 2.05) is 20.8 Å². The summed E-state index contributed by atoms with van der Waals surface area (Å²) in [4.78, 5) is 39.8. The lowest BCUT2D eigenvalue weighted by Gasteiger charge is -2.31. The van der Waals surface area contributed by atoms with Crippen molar-refractivity contribution in [1.82, 2.24) is 10.6 Å². The highest BCUT2D eigenvalue weighted by Gasteiger charge is 2.39. The molecule has 8 nitrogen and oxygen atoms in total. The number of nitrogens with one attached hydrogen (secondary N) is 2. The van der Waals surface area contributed by atoms with Gasteiger partial charge in [-0.05, 0) is 46.4 Å². The van der Waals surface area contributed by atoms with Gasteiger partial charge >= 0.3 is 12.3 Å². The summed E-state index contributed by atoms with van der Waals surface area (Å²) in [6.07, 6.45) is -8.42. The molecule has 0 saturated heterocycles. The zero-order valence-corrected chi connectivity index (χ0v) is 25.1. The number of carbonyl (C=O) groups is 3. The Kier molecular flexibility index (Phi) is 9.90. The first-order chi connectivity index (χ1) is 20.6. The first-order valence-electron chi connectivity index (χ1n) is 13.9. The Morgan fingerprint density at radius 3 is 2.39 bits per heavy atom. The highest BCUT2D eigenvalue weighted by molar-refractivity contribution is 6.30. The average Bonchev–Trinajstić information content (AvgIpc) is 3.04. The van der Waals surface area contributed by atoms with Gasteiger partial charge in [-0.25, -0.2) is 4.79 Å². The molecule has 0 spiro atoms. The van der Waals surface area contributed by atoms with E-state index in [4.69, 9.17) is 21.4 Å². The molecule has 3 N–H and O–H groups in total. The van der Waals surface area contributed by atoms with Gasteiger partial charge in [-0.15, -0.1) is 0 Å². The quantitative estimate of drug-likeness (QED) is 0.256. The van der Waals surface area contributed by atoms with E-state index in [1.165, 1.54) is 18.2 Å². The molecule has 0 fully saturated rings. The number of carboxylic acid groups (broad SMARTS) is 1. The zero-order valence-electron chi connectivity index (χ0n) is 24.4.